The summed E-state index contributed by atoms with van der Waals surface area (Å²) in [6, 6.07) is 17.6. The van der Waals surface area contributed by atoms with E-state index in [1.165, 1.54) is 0 Å². The fraction of sp³-hybridized carbons (Fsp3) is 0.222. The van der Waals surface area contributed by atoms with Gasteiger partial charge in [0.25, 0.3) is 5.95 Å². The Hall–Kier alpha value is -4.15. The Labute approximate surface area is 224 Å². The Balaban J connectivity index is 1.15. The Bertz CT molecular complexity index is 1390. The van der Waals surface area contributed by atoms with E-state index in [-0.39, 0.29) is 18.3 Å². The average molecular weight is 533 g/mol. The van der Waals surface area contributed by atoms with Crippen LogP contribution in [-0.2, 0) is 11.3 Å². The second-order valence-electron chi connectivity index (χ2n) is 8.72. The van der Waals surface area contributed by atoms with E-state index < -0.39 is 5.82 Å². The minimum absolute atomic E-state index is 0.106. The summed E-state index contributed by atoms with van der Waals surface area (Å²) < 4.78 is 19.5. The lowest BCUT2D eigenvalue weighted by Crippen LogP contribution is -2.37. The van der Waals surface area contributed by atoms with Gasteiger partial charge in [0.15, 0.2) is 11.6 Å². The highest BCUT2D eigenvalue weighted by Crippen LogP contribution is 2.25. The zero-order valence-corrected chi connectivity index (χ0v) is 21.5. The fourth-order valence-electron chi connectivity index (χ4n) is 3.94. The molecule has 0 atom stereocenters. The number of aryl methyl sites for hydroxylation is 1. The van der Waals surface area contributed by atoms with Crippen LogP contribution in [0.2, 0.25) is 5.02 Å². The monoisotopic (exact) mass is 532 g/mol. The zero-order chi connectivity index (χ0) is 26.3. The third-order valence-corrected chi connectivity index (χ3v) is 5.96. The van der Waals surface area contributed by atoms with Crippen molar-refractivity contribution < 1.29 is 9.13 Å². The van der Waals surface area contributed by atoms with Crippen LogP contribution in [0.5, 0.6) is 0 Å². The maximum atomic E-state index is 14.2. The van der Waals surface area contributed by atoms with Crippen LogP contribution in [0.25, 0.3) is 0 Å². The molecule has 9 nitrogen and oxygen atoms in total. The Morgan fingerprint density at radius 2 is 1.63 bits per heavy atom. The molecule has 2 aromatic heterocycles. The van der Waals surface area contributed by atoms with Gasteiger partial charge in [-0.2, -0.15) is 10.1 Å². The summed E-state index contributed by atoms with van der Waals surface area (Å²) in [5, 5.41) is 15.6. The highest BCUT2D eigenvalue weighted by atomic mass is 35.5. The molecule has 194 valence electrons. The van der Waals surface area contributed by atoms with Crippen molar-refractivity contribution in [1.29, 1.82) is 0 Å². The quantitative estimate of drug-likeness (QED) is 0.247. The molecule has 38 heavy (non-hydrogen) atoms. The van der Waals surface area contributed by atoms with Gasteiger partial charge in [0, 0.05) is 35.2 Å². The Morgan fingerprint density at radius 3 is 2.32 bits per heavy atom. The standard InChI is InChI=1S/C27H26ClFN8O/c1-18-12-19(28)14-24(13-18)34-21-4-2-20(3-5-21)33-23-7-6-22(30-15-23)16-32-36-27-31-17-25(29)26(35-27)37-8-10-38-11-9-37/h2-7,12-15,17,33-34H,8-11,16H2,1H3. The minimum atomic E-state index is -0.488. The van der Waals surface area contributed by atoms with Gasteiger partial charge in [0.1, 0.15) is 6.54 Å². The number of azo groups is 1. The SMILES string of the molecule is Cc1cc(Cl)cc(Nc2ccc(Nc3ccc(CN=Nc4ncc(F)c(N5CCOCC5)n4)nc3)cc2)c1. The molecule has 0 amide bonds. The fourth-order valence-corrected chi connectivity index (χ4v) is 4.23. The van der Waals surface area contributed by atoms with Gasteiger partial charge < -0.3 is 20.3 Å². The molecule has 0 spiro atoms. The lowest BCUT2D eigenvalue weighted by molar-refractivity contribution is 0.122. The van der Waals surface area contributed by atoms with E-state index in [2.05, 4.69) is 35.8 Å². The first-order valence-corrected chi connectivity index (χ1v) is 12.5. The second-order valence-corrected chi connectivity index (χ2v) is 9.16. The van der Waals surface area contributed by atoms with Crippen molar-refractivity contribution in [2.24, 2.45) is 10.2 Å². The van der Waals surface area contributed by atoms with Gasteiger partial charge in [-0.05, 0) is 67.1 Å². The van der Waals surface area contributed by atoms with Crippen LogP contribution in [0.3, 0.4) is 0 Å². The number of morpholine rings is 1. The lowest BCUT2D eigenvalue weighted by Gasteiger charge is -2.27. The number of benzene rings is 2. The molecule has 0 radical (unpaired) electrons. The van der Waals surface area contributed by atoms with Crippen molar-refractivity contribution in [2.45, 2.75) is 13.5 Å². The molecule has 5 rings (SSSR count). The predicted molar refractivity (Wildman–Crippen MR) is 147 cm³/mol. The molecule has 0 bridgehead atoms. The van der Waals surface area contributed by atoms with Gasteiger partial charge in [-0.3, -0.25) is 4.98 Å². The number of pyridine rings is 1. The van der Waals surface area contributed by atoms with Crippen LogP contribution in [0.4, 0.5) is 38.9 Å². The second kappa shape index (κ2) is 11.9. The summed E-state index contributed by atoms with van der Waals surface area (Å²) in [5.74, 6) is -0.165. The van der Waals surface area contributed by atoms with Gasteiger partial charge >= 0.3 is 0 Å². The number of hydrogen-bond donors (Lipinski definition) is 2. The van der Waals surface area contributed by atoms with Crippen molar-refractivity contribution >= 4 is 46.1 Å². The molecule has 4 aromatic rings. The number of ether oxygens (including phenoxy) is 1. The van der Waals surface area contributed by atoms with Crippen LogP contribution in [0.15, 0.2) is 77.2 Å². The molecule has 0 unspecified atom stereocenters. The summed E-state index contributed by atoms with van der Waals surface area (Å²) in [6.45, 7) is 4.45. The first-order chi connectivity index (χ1) is 18.5. The van der Waals surface area contributed by atoms with Crippen molar-refractivity contribution in [1.82, 2.24) is 15.0 Å². The van der Waals surface area contributed by atoms with Crippen LogP contribution in [0, 0.1) is 12.7 Å². The highest BCUT2D eigenvalue weighted by Gasteiger charge is 2.17. The van der Waals surface area contributed by atoms with Crippen molar-refractivity contribution in [3.05, 3.63) is 89.1 Å². The van der Waals surface area contributed by atoms with Crippen LogP contribution in [-0.4, -0.2) is 41.3 Å². The minimum Gasteiger partial charge on any atom is -0.378 e. The normalized spacial score (nSPS) is 13.6. The van der Waals surface area contributed by atoms with Gasteiger partial charge in [0.05, 0.1) is 37.0 Å². The smallest absolute Gasteiger partial charge is 0.270 e. The summed E-state index contributed by atoms with van der Waals surface area (Å²) in [5.41, 5.74) is 5.49. The van der Waals surface area contributed by atoms with E-state index >= 15 is 0 Å². The number of halogens is 2. The molecule has 11 heteroatoms. The van der Waals surface area contributed by atoms with Crippen molar-refractivity contribution in [3.63, 3.8) is 0 Å². The summed E-state index contributed by atoms with van der Waals surface area (Å²) in [6.07, 6.45) is 2.85. The maximum Gasteiger partial charge on any atom is 0.270 e. The molecule has 1 aliphatic heterocycles. The topological polar surface area (TPSA) is 99.9 Å². The van der Waals surface area contributed by atoms with Gasteiger partial charge in [-0.25, -0.2) is 9.37 Å². The number of nitrogens with one attached hydrogen (secondary N) is 2. The molecule has 1 saturated heterocycles. The highest BCUT2D eigenvalue weighted by molar-refractivity contribution is 6.30. The molecule has 1 aliphatic rings. The number of hydrogen-bond acceptors (Lipinski definition) is 9. The Kier molecular flexibility index (Phi) is 8.01. The molecular formula is C27H26ClFN8O. The predicted octanol–water partition coefficient (Wildman–Crippen LogP) is 6.58. The van der Waals surface area contributed by atoms with Gasteiger partial charge in [-0.1, -0.05) is 11.6 Å². The largest absolute Gasteiger partial charge is 0.378 e. The zero-order valence-electron chi connectivity index (χ0n) is 20.7. The third-order valence-electron chi connectivity index (χ3n) is 5.75. The van der Waals surface area contributed by atoms with Crippen molar-refractivity contribution in [3.8, 4) is 0 Å². The van der Waals surface area contributed by atoms with E-state index in [0.29, 0.717) is 31.3 Å². The van der Waals surface area contributed by atoms with E-state index in [9.17, 15) is 4.39 Å². The first-order valence-electron chi connectivity index (χ1n) is 12.1. The van der Waals surface area contributed by atoms with Crippen LogP contribution >= 0.6 is 11.6 Å². The number of rotatable bonds is 8. The molecule has 0 saturated carbocycles. The van der Waals surface area contributed by atoms with Crippen LogP contribution < -0.4 is 15.5 Å². The molecule has 2 N–H and O–H groups in total. The summed E-state index contributed by atoms with van der Waals surface area (Å²) >= 11 is 6.15. The number of anilines is 5. The van der Waals surface area contributed by atoms with Gasteiger partial charge in [0.2, 0.25) is 0 Å². The van der Waals surface area contributed by atoms with E-state index in [4.69, 9.17) is 16.3 Å². The average Bonchev–Trinajstić information content (AvgIpc) is 2.92. The molecule has 2 aromatic carbocycles. The third kappa shape index (κ3) is 6.78. The molecular weight excluding hydrogens is 507 g/mol. The van der Waals surface area contributed by atoms with E-state index in [0.717, 1.165) is 40.2 Å². The maximum absolute atomic E-state index is 14.2. The van der Waals surface area contributed by atoms with Crippen molar-refractivity contribution in [2.75, 3.05) is 41.8 Å². The summed E-state index contributed by atoms with van der Waals surface area (Å²) in [4.78, 5) is 14.4. The summed E-state index contributed by atoms with van der Waals surface area (Å²) in [7, 11) is 0. The van der Waals surface area contributed by atoms with Gasteiger partial charge in [-0.15, -0.1) is 5.11 Å². The van der Waals surface area contributed by atoms with E-state index in [1.807, 2.05) is 66.4 Å². The molecule has 0 aliphatic carbocycles. The van der Waals surface area contributed by atoms with E-state index in [1.54, 1.807) is 6.20 Å². The Morgan fingerprint density at radius 1 is 0.921 bits per heavy atom. The lowest BCUT2D eigenvalue weighted by atomic mass is 10.2. The number of nitrogens with zero attached hydrogens (tertiary/aromatic N) is 6. The molecule has 3 heterocycles. The number of aromatic nitrogens is 3. The molecule has 1 fully saturated rings. The first kappa shape index (κ1) is 25.5. The van der Waals surface area contributed by atoms with Crippen LogP contribution in [0.1, 0.15) is 11.3 Å².